The first-order valence-electron chi connectivity index (χ1n) is 7.49. The zero-order chi connectivity index (χ0) is 15.2. The minimum Gasteiger partial charge on any atom is -0.478 e. The molecule has 1 aliphatic rings. The second-order valence-electron chi connectivity index (χ2n) is 5.70. The lowest BCUT2D eigenvalue weighted by molar-refractivity contribution is -0.116. The second-order valence-corrected chi connectivity index (χ2v) is 5.70. The summed E-state index contributed by atoms with van der Waals surface area (Å²) >= 11 is 0. The molecule has 114 valence electrons. The predicted molar refractivity (Wildman–Crippen MR) is 82.3 cm³/mol. The number of nitrogen functional groups attached to an aromatic ring is 1. The van der Waals surface area contributed by atoms with Gasteiger partial charge in [0, 0.05) is 6.42 Å². The smallest absolute Gasteiger partial charge is 0.335 e. The predicted octanol–water partition coefficient (Wildman–Crippen LogP) is 3.27. The molecule has 1 saturated carbocycles. The average molecular weight is 290 g/mol. The van der Waals surface area contributed by atoms with E-state index in [1.807, 2.05) is 0 Å². The molecule has 0 radical (unpaired) electrons. The van der Waals surface area contributed by atoms with Crippen LogP contribution in [0.3, 0.4) is 0 Å². The summed E-state index contributed by atoms with van der Waals surface area (Å²) in [6.07, 6.45) is 7.72. The molecule has 1 aromatic rings. The topological polar surface area (TPSA) is 92.4 Å². The van der Waals surface area contributed by atoms with Crippen LogP contribution in [0.25, 0.3) is 0 Å². The van der Waals surface area contributed by atoms with Crippen molar-refractivity contribution in [3.63, 3.8) is 0 Å². The van der Waals surface area contributed by atoms with E-state index >= 15 is 0 Å². The number of carbonyl (C=O) groups excluding carboxylic acids is 1. The molecule has 0 atom stereocenters. The maximum Gasteiger partial charge on any atom is 0.335 e. The van der Waals surface area contributed by atoms with Gasteiger partial charge >= 0.3 is 5.97 Å². The number of nitrogens with two attached hydrogens (primary N) is 1. The van der Waals surface area contributed by atoms with Gasteiger partial charge in [0.1, 0.15) is 0 Å². The molecule has 21 heavy (non-hydrogen) atoms. The maximum atomic E-state index is 11.9. The number of hydrogen-bond donors (Lipinski definition) is 3. The van der Waals surface area contributed by atoms with Gasteiger partial charge in [0.25, 0.3) is 0 Å². The van der Waals surface area contributed by atoms with Crippen LogP contribution in [0.15, 0.2) is 18.2 Å². The van der Waals surface area contributed by atoms with Crippen molar-refractivity contribution in [3.05, 3.63) is 23.8 Å². The van der Waals surface area contributed by atoms with Crippen molar-refractivity contribution in [2.45, 2.75) is 44.9 Å². The normalized spacial score (nSPS) is 15.6. The summed E-state index contributed by atoms with van der Waals surface area (Å²) in [7, 11) is 0. The van der Waals surface area contributed by atoms with Crippen molar-refractivity contribution >= 4 is 23.3 Å². The van der Waals surface area contributed by atoms with Crippen LogP contribution >= 0.6 is 0 Å². The van der Waals surface area contributed by atoms with Crippen molar-refractivity contribution in [2.75, 3.05) is 11.1 Å². The van der Waals surface area contributed by atoms with E-state index in [0.29, 0.717) is 18.0 Å². The Morgan fingerprint density at radius 1 is 1.24 bits per heavy atom. The lowest BCUT2D eigenvalue weighted by atomic mass is 9.86. The summed E-state index contributed by atoms with van der Waals surface area (Å²) in [6, 6.07) is 4.34. The summed E-state index contributed by atoms with van der Waals surface area (Å²) in [6.45, 7) is 0. The highest BCUT2D eigenvalue weighted by atomic mass is 16.4. The number of carbonyl (C=O) groups is 2. The summed E-state index contributed by atoms with van der Waals surface area (Å²) in [4.78, 5) is 22.8. The molecule has 5 heteroatoms. The van der Waals surface area contributed by atoms with Gasteiger partial charge in [0.05, 0.1) is 16.9 Å². The molecule has 4 N–H and O–H groups in total. The fraction of sp³-hybridized carbons (Fsp3) is 0.500. The fourth-order valence-electron chi connectivity index (χ4n) is 2.83. The van der Waals surface area contributed by atoms with Crippen molar-refractivity contribution in [1.82, 2.24) is 0 Å². The van der Waals surface area contributed by atoms with Gasteiger partial charge in [-0.15, -0.1) is 0 Å². The van der Waals surface area contributed by atoms with Gasteiger partial charge in [0.2, 0.25) is 5.91 Å². The van der Waals surface area contributed by atoms with Crippen molar-refractivity contribution in [1.29, 1.82) is 0 Å². The Bertz CT molecular complexity index is 522. The Balaban J connectivity index is 1.85. The van der Waals surface area contributed by atoms with E-state index < -0.39 is 5.97 Å². The number of anilines is 2. The van der Waals surface area contributed by atoms with Crippen molar-refractivity contribution < 1.29 is 14.7 Å². The Labute approximate surface area is 124 Å². The largest absolute Gasteiger partial charge is 0.478 e. The molecule has 2 rings (SSSR count). The number of hydrogen-bond acceptors (Lipinski definition) is 3. The van der Waals surface area contributed by atoms with Gasteiger partial charge in [0.15, 0.2) is 0 Å². The molecule has 0 aromatic heterocycles. The van der Waals surface area contributed by atoms with Gasteiger partial charge in [-0.1, -0.05) is 32.1 Å². The fourth-order valence-corrected chi connectivity index (χ4v) is 2.83. The van der Waals surface area contributed by atoms with E-state index in [-0.39, 0.29) is 17.2 Å². The molecule has 0 spiro atoms. The molecule has 0 bridgehead atoms. The number of carboxylic acids is 1. The van der Waals surface area contributed by atoms with Crippen LogP contribution in [0, 0.1) is 5.92 Å². The van der Waals surface area contributed by atoms with Crippen molar-refractivity contribution in [2.24, 2.45) is 5.92 Å². The van der Waals surface area contributed by atoms with Gasteiger partial charge < -0.3 is 16.2 Å². The standard InChI is InChI=1S/C16H22N2O3/c17-13-10-12(16(20)21)7-8-14(13)18-15(19)9-6-11-4-2-1-3-5-11/h7-8,10-11H,1-6,9,17H2,(H,18,19)(H,20,21). The first-order chi connectivity index (χ1) is 10.1. The highest BCUT2D eigenvalue weighted by molar-refractivity contribution is 5.96. The highest BCUT2D eigenvalue weighted by Crippen LogP contribution is 2.27. The number of nitrogens with one attached hydrogen (secondary N) is 1. The van der Waals surface area contributed by atoms with E-state index in [4.69, 9.17) is 10.8 Å². The van der Waals surface area contributed by atoms with E-state index in [0.717, 1.165) is 6.42 Å². The zero-order valence-electron chi connectivity index (χ0n) is 12.1. The van der Waals surface area contributed by atoms with E-state index in [2.05, 4.69) is 5.32 Å². The highest BCUT2D eigenvalue weighted by Gasteiger charge is 2.15. The molecule has 0 heterocycles. The lowest BCUT2D eigenvalue weighted by Gasteiger charge is -2.21. The number of carboxylic acid groups (broad SMARTS) is 1. The molecule has 1 aliphatic carbocycles. The third-order valence-electron chi connectivity index (χ3n) is 4.08. The van der Waals surface area contributed by atoms with Crippen LogP contribution in [0.1, 0.15) is 55.3 Å². The molecule has 0 saturated heterocycles. The van der Waals surface area contributed by atoms with E-state index in [1.54, 1.807) is 0 Å². The Morgan fingerprint density at radius 3 is 2.57 bits per heavy atom. The Kier molecular flexibility index (Phi) is 5.20. The molecular formula is C16H22N2O3. The SMILES string of the molecule is Nc1cc(C(=O)O)ccc1NC(=O)CCC1CCCCC1. The van der Waals surface area contributed by atoms with Crippen LogP contribution in [-0.4, -0.2) is 17.0 Å². The van der Waals surface area contributed by atoms with Gasteiger partial charge in [-0.25, -0.2) is 4.79 Å². The lowest BCUT2D eigenvalue weighted by Crippen LogP contribution is -2.16. The minimum atomic E-state index is -1.03. The Morgan fingerprint density at radius 2 is 1.95 bits per heavy atom. The molecule has 0 unspecified atom stereocenters. The Hall–Kier alpha value is -2.04. The summed E-state index contributed by atoms with van der Waals surface area (Å²) in [5, 5.41) is 11.6. The molecule has 0 aliphatic heterocycles. The summed E-state index contributed by atoms with van der Waals surface area (Å²) < 4.78 is 0. The second kappa shape index (κ2) is 7.11. The molecule has 5 nitrogen and oxygen atoms in total. The summed E-state index contributed by atoms with van der Waals surface area (Å²) in [5.74, 6) is -0.427. The number of benzene rings is 1. The van der Waals surface area contributed by atoms with Crippen LogP contribution in [0.5, 0.6) is 0 Å². The van der Waals surface area contributed by atoms with Crippen molar-refractivity contribution in [3.8, 4) is 0 Å². The van der Waals surface area contributed by atoms with Gasteiger partial charge in [-0.05, 0) is 30.5 Å². The first-order valence-corrected chi connectivity index (χ1v) is 7.49. The van der Waals surface area contributed by atoms with Crippen LogP contribution in [-0.2, 0) is 4.79 Å². The van der Waals surface area contributed by atoms with Gasteiger partial charge in [-0.2, -0.15) is 0 Å². The van der Waals surface area contributed by atoms with Crippen LogP contribution < -0.4 is 11.1 Å². The van der Waals surface area contributed by atoms with Crippen LogP contribution in [0.2, 0.25) is 0 Å². The molecule has 1 amide bonds. The first kappa shape index (κ1) is 15.4. The third-order valence-corrected chi connectivity index (χ3v) is 4.08. The number of amides is 1. The third kappa shape index (κ3) is 4.48. The van der Waals surface area contributed by atoms with Crippen LogP contribution in [0.4, 0.5) is 11.4 Å². The average Bonchev–Trinajstić information content (AvgIpc) is 2.48. The molecular weight excluding hydrogens is 268 g/mol. The number of rotatable bonds is 5. The molecule has 1 aromatic carbocycles. The number of aromatic carboxylic acids is 1. The minimum absolute atomic E-state index is 0.0599. The van der Waals surface area contributed by atoms with E-state index in [9.17, 15) is 9.59 Å². The van der Waals surface area contributed by atoms with Gasteiger partial charge in [-0.3, -0.25) is 4.79 Å². The maximum absolute atomic E-state index is 11.9. The quantitative estimate of drug-likeness (QED) is 0.726. The monoisotopic (exact) mass is 290 g/mol. The summed E-state index contributed by atoms with van der Waals surface area (Å²) in [5.41, 5.74) is 6.65. The zero-order valence-corrected chi connectivity index (χ0v) is 12.1. The van der Waals surface area contributed by atoms with E-state index in [1.165, 1.54) is 50.3 Å². The molecule has 1 fully saturated rings.